The van der Waals surface area contributed by atoms with E-state index >= 15 is 0 Å². The average molecular weight is 513 g/mol. The molecule has 1 saturated heterocycles. The van der Waals surface area contributed by atoms with Crippen molar-refractivity contribution < 1.29 is 5.11 Å². The molecule has 1 fully saturated rings. The topological polar surface area (TPSA) is 30.0 Å². The first-order chi connectivity index (χ1) is 13.2. The molecule has 0 spiro atoms. The lowest BCUT2D eigenvalue weighted by atomic mass is 10.2. The number of piperazine rings is 1. The van der Waals surface area contributed by atoms with Crippen LogP contribution in [-0.4, -0.2) is 67.3 Å². The number of anilines is 2. The molecule has 4 nitrogen and oxygen atoms in total. The van der Waals surface area contributed by atoms with Crippen molar-refractivity contribution in [3.05, 3.63) is 47.5 Å². The fourth-order valence-corrected chi connectivity index (χ4v) is 5.12. The zero-order valence-electron chi connectivity index (χ0n) is 16.7. The van der Waals surface area contributed by atoms with Crippen LogP contribution >= 0.6 is 60.6 Å². The molecule has 2 heterocycles. The van der Waals surface area contributed by atoms with Crippen LogP contribution < -0.4 is 4.90 Å². The molecule has 0 aliphatic carbocycles. The Bertz CT molecular complexity index is 791. The van der Waals surface area contributed by atoms with Crippen LogP contribution in [-0.2, 0) is 0 Å². The van der Waals surface area contributed by atoms with Gasteiger partial charge >= 0.3 is 0 Å². The Morgan fingerprint density at radius 2 is 1.43 bits per heavy atom. The first-order valence-electron chi connectivity index (χ1n) is 9.64. The maximum atomic E-state index is 9.08. The molecule has 0 radical (unpaired) electrons. The van der Waals surface area contributed by atoms with Crippen LogP contribution in [0.3, 0.4) is 0 Å². The van der Waals surface area contributed by atoms with Gasteiger partial charge in [0.25, 0.3) is 0 Å². The van der Waals surface area contributed by atoms with Gasteiger partial charge in [0.15, 0.2) is 0 Å². The van der Waals surface area contributed by atoms with Crippen molar-refractivity contribution in [3.8, 4) is 0 Å². The number of para-hydroxylation sites is 1. The molecular weight excluding hydrogens is 484 g/mol. The number of benzene rings is 2. The van der Waals surface area contributed by atoms with Crippen molar-refractivity contribution in [2.24, 2.45) is 0 Å². The predicted molar refractivity (Wildman–Crippen MR) is 135 cm³/mol. The quantitative estimate of drug-likeness (QED) is 0.574. The molecule has 0 unspecified atom stereocenters. The minimum Gasteiger partial charge on any atom is -0.395 e. The summed E-state index contributed by atoms with van der Waals surface area (Å²) in [7, 11) is 0. The highest BCUT2D eigenvalue weighted by molar-refractivity contribution is 7.99. The van der Waals surface area contributed by atoms with Crippen LogP contribution in [0.15, 0.2) is 52.3 Å². The normalized spacial score (nSPS) is 15.9. The zero-order chi connectivity index (χ0) is 18.6. The zero-order valence-corrected chi connectivity index (χ0v) is 20.7. The smallest absolute Gasteiger partial charge is 0.0567 e. The van der Waals surface area contributed by atoms with Crippen molar-refractivity contribution in [3.63, 3.8) is 0 Å². The number of halogens is 4. The monoisotopic (exact) mass is 511 g/mol. The molecule has 0 aromatic heterocycles. The molecular formula is C21H29Cl4N3OS. The Hall–Kier alpha value is -0.370. The SMILES string of the molecule is Cl.Cl.Cl.OCCN1CCN(CCCN2c3ccccc3Sc3ccc(Cl)cc32)CC1. The van der Waals surface area contributed by atoms with Gasteiger partial charge < -0.3 is 14.9 Å². The first kappa shape index (κ1) is 27.7. The third-order valence-corrected chi connectivity index (χ3v) is 6.69. The van der Waals surface area contributed by atoms with Gasteiger partial charge in [0.05, 0.1) is 18.0 Å². The molecule has 0 atom stereocenters. The van der Waals surface area contributed by atoms with Crippen LogP contribution in [0.4, 0.5) is 11.4 Å². The lowest BCUT2D eigenvalue weighted by molar-refractivity contribution is 0.112. The summed E-state index contributed by atoms with van der Waals surface area (Å²) in [6.07, 6.45) is 1.12. The third kappa shape index (κ3) is 6.57. The van der Waals surface area contributed by atoms with Gasteiger partial charge in [-0.15, -0.1) is 37.2 Å². The molecule has 1 N–H and O–H groups in total. The summed E-state index contributed by atoms with van der Waals surface area (Å²) in [4.78, 5) is 9.89. The molecule has 2 aromatic rings. The first-order valence-corrected chi connectivity index (χ1v) is 10.8. The van der Waals surface area contributed by atoms with Crippen molar-refractivity contribution >= 4 is 72.0 Å². The van der Waals surface area contributed by atoms with E-state index < -0.39 is 0 Å². The summed E-state index contributed by atoms with van der Waals surface area (Å²) in [5, 5.41) is 9.87. The number of rotatable bonds is 6. The Kier molecular flexibility index (Phi) is 12.2. The van der Waals surface area contributed by atoms with Crippen LogP contribution in [0.2, 0.25) is 5.02 Å². The largest absolute Gasteiger partial charge is 0.395 e. The van der Waals surface area contributed by atoms with Crippen molar-refractivity contribution in [1.29, 1.82) is 0 Å². The van der Waals surface area contributed by atoms with Gasteiger partial charge in [-0.25, -0.2) is 0 Å². The molecule has 4 rings (SSSR count). The molecule has 30 heavy (non-hydrogen) atoms. The van der Waals surface area contributed by atoms with Gasteiger partial charge in [-0.3, -0.25) is 4.90 Å². The number of nitrogens with zero attached hydrogens (tertiary/aromatic N) is 3. The summed E-state index contributed by atoms with van der Waals surface area (Å²) < 4.78 is 0. The number of fused-ring (bicyclic) bond motifs is 2. The summed E-state index contributed by atoms with van der Waals surface area (Å²) in [5.74, 6) is 0. The minimum absolute atomic E-state index is 0. The minimum atomic E-state index is 0. The summed E-state index contributed by atoms with van der Waals surface area (Å²) >= 11 is 8.12. The predicted octanol–water partition coefficient (Wildman–Crippen LogP) is 5.21. The number of aliphatic hydroxyl groups is 1. The van der Waals surface area contributed by atoms with E-state index in [-0.39, 0.29) is 43.8 Å². The highest BCUT2D eigenvalue weighted by Crippen LogP contribution is 2.48. The molecule has 168 valence electrons. The average Bonchev–Trinajstić information content (AvgIpc) is 2.69. The number of hydrogen-bond acceptors (Lipinski definition) is 5. The maximum Gasteiger partial charge on any atom is 0.0567 e. The van der Waals surface area contributed by atoms with Gasteiger partial charge in [-0.05, 0) is 43.3 Å². The van der Waals surface area contributed by atoms with Crippen LogP contribution in [0.1, 0.15) is 6.42 Å². The van der Waals surface area contributed by atoms with E-state index in [1.807, 2.05) is 17.8 Å². The molecule has 0 amide bonds. The highest BCUT2D eigenvalue weighted by Gasteiger charge is 2.23. The molecule has 0 bridgehead atoms. The van der Waals surface area contributed by atoms with E-state index in [9.17, 15) is 0 Å². The second-order valence-corrected chi connectivity index (χ2v) is 8.61. The van der Waals surface area contributed by atoms with E-state index in [0.717, 1.165) is 57.3 Å². The van der Waals surface area contributed by atoms with Crippen LogP contribution in [0.25, 0.3) is 0 Å². The van der Waals surface area contributed by atoms with Gasteiger partial charge in [-0.1, -0.05) is 35.5 Å². The van der Waals surface area contributed by atoms with Gasteiger partial charge in [0.1, 0.15) is 0 Å². The fourth-order valence-electron chi connectivity index (χ4n) is 3.87. The Morgan fingerprint density at radius 1 is 0.800 bits per heavy atom. The van der Waals surface area contributed by atoms with Crippen LogP contribution in [0, 0.1) is 0 Å². The van der Waals surface area contributed by atoms with Crippen molar-refractivity contribution in [2.45, 2.75) is 16.2 Å². The Morgan fingerprint density at radius 3 is 2.13 bits per heavy atom. The molecule has 2 aliphatic heterocycles. The second kappa shape index (κ2) is 13.2. The molecule has 9 heteroatoms. The molecule has 2 aromatic carbocycles. The van der Waals surface area contributed by atoms with Crippen molar-refractivity contribution in [2.75, 3.05) is 57.3 Å². The Balaban J connectivity index is 0.00000150. The summed E-state index contributed by atoms with van der Waals surface area (Å²) in [5.41, 5.74) is 2.50. The lowest BCUT2D eigenvalue weighted by Crippen LogP contribution is -2.47. The van der Waals surface area contributed by atoms with Crippen LogP contribution in [0.5, 0.6) is 0 Å². The van der Waals surface area contributed by atoms with E-state index in [0.29, 0.717) is 0 Å². The Labute approximate surface area is 207 Å². The highest BCUT2D eigenvalue weighted by atomic mass is 35.5. The van der Waals surface area contributed by atoms with Gasteiger partial charge in [-0.2, -0.15) is 0 Å². The standard InChI is InChI=1S/C21H26ClN3OS.3ClH/c22-17-6-7-21-19(16-17)25(18-4-1-2-5-20(18)27-21)9-3-8-23-10-12-24(13-11-23)14-15-26;;;/h1-2,4-7,16,26H,3,8-15H2;3*1H. The maximum absolute atomic E-state index is 9.08. The van der Waals surface area contributed by atoms with Gasteiger partial charge in [0.2, 0.25) is 0 Å². The molecule has 0 saturated carbocycles. The van der Waals surface area contributed by atoms with E-state index in [2.05, 4.69) is 51.1 Å². The summed E-state index contributed by atoms with van der Waals surface area (Å²) in [6, 6.07) is 14.8. The van der Waals surface area contributed by atoms with Gasteiger partial charge in [0, 0.05) is 54.1 Å². The fraction of sp³-hybridized carbons (Fsp3) is 0.429. The van der Waals surface area contributed by atoms with E-state index in [1.54, 1.807) is 0 Å². The number of aliphatic hydroxyl groups excluding tert-OH is 1. The second-order valence-electron chi connectivity index (χ2n) is 7.09. The number of β-amino-alcohol motifs (C(OH)–C–C–N with tert-alkyl or cyclic N) is 1. The molecule has 2 aliphatic rings. The van der Waals surface area contributed by atoms with Crippen molar-refractivity contribution in [1.82, 2.24) is 9.80 Å². The third-order valence-electron chi connectivity index (χ3n) is 5.32. The van der Waals surface area contributed by atoms with E-state index in [4.69, 9.17) is 16.7 Å². The lowest BCUT2D eigenvalue weighted by Gasteiger charge is -2.36. The number of hydrogen-bond donors (Lipinski definition) is 1. The summed E-state index contributed by atoms with van der Waals surface area (Å²) in [6.45, 7) is 7.45. The van der Waals surface area contributed by atoms with E-state index in [1.165, 1.54) is 21.2 Å².